The fourth-order valence-electron chi connectivity index (χ4n) is 6.09. The number of hydrogen-bond acceptors (Lipinski definition) is 7. The van der Waals surface area contributed by atoms with Crippen LogP contribution in [0.3, 0.4) is 0 Å². The molecular weight excluding hydrogens is 567 g/mol. The SMILES string of the molecule is C/C=C(\C=C/C(F)CC)C1C(OCC)=CC(CN2CCC3(CC2)CN(c2ccc(C(=O)O)c(OC)c2)C(=O)O3)=CC1OCC. The first kappa shape index (κ1) is 33.3. The van der Waals surface area contributed by atoms with Gasteiger partial charge in [-0.15, -0.1) is 0 Å². The normalized spacial score (nSPS) is 23.0. The van der Waals surface area contributed by atoms with E-state index >= 15 is 0 Å². The third-order valence-electron chi connectivity index (χ3n) is 8.46. The molecular formula is C34H45FN2O7. The number of benzene rings is 1. The number of amides is 1. The molecule has 0 saturated carbocycles. The average molecular weight is 613 g/mol. The molecule has 2 saturated heterocycles. The number of likely N-dealkylation sites (tertiary alicyclic amines) is 1. The molecule has 2 heterocycles. The van der Waals surface area contributed by atoms with Crippen LogP contribution in [0.25, 0.3) is 0 Å². The van der Waals surface area contributed by atoms with Gasteiger partial charge in [-0.3, -0.25) is 9.80 Å². The van der Waals surface area contributed by atoms with Crippen LogP contribution in [0.15, 0.2) is 65.5 Å². The molecule has 1 spiro atoms. The van der Waals surface area contributed by atoms with E-state index < -0.39 is 23.8 Å². The van der Waals surface area contributed by atoms with Gasteiger partial charge in [0, 0.05) is 45.1 Å². The van der Waals surface area contributed by atoms with Crippen molar-refractivity contribution < 1.29 is 38.0 Å². The number of methoxy groups -OCH3 is 1. The summed E-state index contributed by atoms with van der Waals surface area (Å²) in [6.07, 6.45) is 9.75. The average Bonchev–Trinajstić information content (AvgIpc) is 3.34. The smallest absolute Gasteiger partial charge is 0.415 e. The Bertz CT molecular complexity index is 1310. The summed E-state index contributed by atoms with van der Waals surface area (Å²) in [6.45, 7) is 11.3. The minimum Gasteiger partial charge on any atom is -0.497 e. The number of alkyl halides is 1. The molecule has 44 heavy (non-hydrogen) atoms. The van der Waals surface area contributed by atoms with Gasteiger partial charge in [0.25, 0.3) is 0 Å². The summed E-state index contributed by atoms with van der Waals surface area (Å²) in [7, 11) is 1.40. The minimum atomic E-state index is -1.10. The number of carbonyl (C=O) groups is 2. The molecule has 1 N–H and O–H groups in total. The Morgan fingerprint density at radius 2 is 1.98 bits per heavy atom. The van der Waals surface area contributed by atoms with Crippen molar-refractivity contribution in [3.8, 4) is 5.75 Å². The number of nitrogens with zero attached hydrogens (tertiary/aromatic N) is 2. The van der Waals surface area contributed by atoms with Crippen molar-refractivity contribution in [1.29, 1.82) is 0 Å². The zero-order chi connectivity index (χ0) is 31.9. The Balaban J connectivity index is 1.45. The fourth-order valence-corrected chi connectivity index (χ4v) is 6.09. The Morgan fingerprint density at radius 1 is 1.23 bits per heavy atom. The molecule has 3 aliphatic rings. The van der Waals surface area contributed by atoms with Gasteiger partial charge in [-0.05, 0) is 56.5 Å². The maximum Gasteiger partial charge on any atom is 0.415 e. The van der Waals surface area contributed by atoms with E-state index in [4.69, 9.17) is 18.9 Å². The number of hydrogen-bond donors (Lipinski definition) is 1. The fraction of sp³-hybridized carbons (Fsp3) is 0.529. The van der Waals surface area contributed by atoms with E-state index in [9.17, 15) is 19.1 Å². The van der Waals surface area contributed by atoms with Crippen LogP contribution in [0.2, 0.25) is 0 Å². The molecule has 240 valence electrons. The highest BCUT2D eigenvalue weighted by Gasteiger charge is 2.47. The van der Waals surface area contributed by atoms with Gasteiger partial charge >= 0.3 is 12.1 Å². The van der Waals surface area contributed by atoms with E-state index in [2.05, 4.69) is 17.1 Å². The summed E-state index contributed by atoms with van der Waals surface area (Å²) in [5, 5.41) is 9.40. The number of aromatic carboxylic acids is 1. The molecule has 0 radical (unpaired) electrons. The monoisotopic (exact) mass is 612 g/mol. The lowest BCUT2D eigenvalue weighted by molar-refractivity contribution is 0.00271. The van der Waals surface area contributed by atoms with E-state index in [0.717, 1.165) is 30.0 Å². The molecule has 1 aromatic carbocycles. The van der Waals surface area contributed by atoms with Crippen LogP contribution < -0.4 is 9.64 Å². The lowest BCUT2D eigenvalue weighted by atomic mass is 9.84. The largest absolute Gasteiger partial charge is 0.497 e. The van der Waals surface area contributed by atoms with Crippen molar-refractivity contribution in [2.24, 2.45) is 5.92 Å². The highest BCUT2D eigenvalue weighted by atomic mass is 19.1. The maximum atomic E-state index is 14.1. The number of allylic oxidation sites excluding steroid dienone is 3. The van der Waals surface area contributed by atoms with Crippen LogP contribution in [0.4, 0.5) is 14.9 Å². The van der Waals surface area contributed by atoms with Crippen molar-refractivity contribution in [3.63, 3.8) is 0 Å². The molecule has 9 nitrogen and oxygen atoms in total. The van der Waals surface area contributed by atoms with Gasteiger partial charge in [-0.25, -0.2) is 14.0 Å². The van der Waals surface area contributed by atoms with E-state index in [1.807, 2.05) is 39.8 Å². The summed E-state index contributed by atoms with van der Waals surface area (Å²) < 4.78 is 37.6. The predicted molar refractivity (Wildman–Crippen MR) is 167 cm³/mol. The van der Waals surface area contributed by atoms with Crippen molar-refractivity contribution in [2.45, 2.75) is 64.8 Å². The highest BCUT2D eigenvalue weighted by Crippen LogP contribution is 2.39. The first-order chi connectivity index (χ1) is 21.2. The summed E-state index contributed by atoms with van der Waals surface area (Å²) in [6, 6.07) is 4.61. The number of carbonyl (C=O) groups excluding carboxylic acids is 1. The van der Waals surface area contributed by atoms with Crippen molar-refractivity contribution in [2.75, 3.05) is 51.4 Å². The number of halogens is 1. The Hall–Kier alpha value is -3.63. The maximum absolute atomic E-state index is 14.1. The number of piperidine rings is 1. The standard InChI is InChI=1S/C34H45FN2O7/c1-6-24(10-11-25(35)7-2)31-29(42-8-3)18-23(19-30(31)43-9-4)21-36-16-14-34(15-17-36)22-37(33(40)44-34)26-12-13-27(32(38)39)28(20-26)41-5/h6,10-13,18-20,25,29,31H,7-9,14-17,21-22H2,1-5H3,(H,38,39)/b11-10-,24-6+. The van der Waals surface area contributed by atoms with E-state index in [-0.39, 0.29) is 23.3 Å². The summed E-state index contributed by atoms with van der Waals surface area (Å²) >= 11 is 0. The first-order valence-corrected chi connectivity index (χ1v) is 15.5. The van der Waals surface area contributed by atoms with Gasteiger partial charge in [0.1, 0.15) is 28.8 Å². The second kappa shape index (κ2) is 14.9. The summed E-state index contributed by atoms with van der Waals surface area (Å²) in [5.74, 6) is -0.259. The first-order valence-electron chi connectivity index (χ1n) is 15.5. The summed E-state index contributed by atoms with van der Waals surface area (Å²) in [4.78, 5) is 28.3. The van der Waals surface area contributed by atoms with Crippen LogP contribution in [0.5, 0.6) is 5.75 Å². The van der Waals surface area contributed by atoms with Gasteiger partial charge in [0.2, 0.25) is 0 Å². The Kier molecular flexibility index (Phi) is 11.3. The topological polar surface area (TPSA) is 97.8 Å². The second-order valence-electron chi connectivity index (χ2n) is 11.3. The summed E-state index contributed by atoms with van der Waals surface area (Å²) in [5.41, 5.74) is 2.01. The van der Waals surface area contributed by atoms with Gasteiger partial charge in [0.05, 0.1) is 38.0 Å². The zero-order valence-electron chi connectivity index (χ0n) is 26.4. The lowest BCUT2D eigenvalue weighted by Gasteiger charge is -2.38. The number of anilines is 1. The number of ether oxygens (including phenoxy) is 4. The van der Waals surface area contributed by atoms with E-state index in [1.54, 1.807) is 23.1 Å². The lowest BCUT2D eigenvalue weighted by Crippen LogP contribution is -2.47. The Labute approximate surface area is 259 Å². The van der Waals surface area contributed by atoms with Crippen molar-refractivity contribution >= 4 is 17.7 Å². The third-order valence-corrected chi connectivity index (χ3v) is 8.46. The van der Waals surface area contributed by atoms with Crippen LogP contribution in [-0.2, 0) is 14.2 Å². The highest BCUT2D eigenvalue weighted by molar-refractivity contribution is 5.94. The molecule has 3 unspecified atom stereocenters. The van der Waals surface area contributed by atoms with Gasteiger partial charge in [-0.1, -0.05) is 31.2 Å². The molecule has 4 rings (SSSR count). The Morgan fingerprint density at radius 3 is 2.59 bits per heavy atom. The molecule has 1 aromatic rings. The third kappa shape index (κ3) is 7.53. The molecule has 0 aromatic heterocycles. The number of rotatable bonds is 13. The molecule has 2 aliphatic heterocycles. The number of carboxylic acids is 1. The zero-order valence-corrected chi connectivity index (χ0v) is 26.4. The van der Waals surface area contributed by atoms with E-state index in [0.29, 0.717) is 51.3 Å². The van der Waals surface area contributed by atoms with Crippen molar-refractivity contribution in [3.05, 3.63) is 71.0 Å². The molecule has 1 amide bonds. The second-order valence-corrected chi connectivity index (χ2v) is 11.3. The van der Waals surface area contributed by atoms with Crippen LogP contribution in [0.1, 0.15) is 57.3 Å². The van der Waals surface area contributed by atoms with Crippen LogP contribution in [0, 0.1) is 5.92 Å². The van der Waals surface area contributed by atoms with Gasteiger partial charge in [-0.2, -0.15) is 0 Å². The minimum absolute atomic E-state index is 0.0339. The molecule has 0 bridgehead atoms. The number of carboxylic acid groups (broad SMARTS) is 1. The quantitative estimate of drug-likeness (QED) is 0.259. The van der Waals surface area contributed by atoms with E-state index in [1.165, 1.54) is 13.2 Å². The van der Waals surface area contributed by atoms with Crippen LogP contribution >= 0.6 is 0 Å². The molecule has 3 atom stereocenters. The molecule has 2 fully saturated rings. The van der Waals surface area contributed by atoms with Crippen molar-refractivity contribution in [1.82, 2.24) is 4.90 Å². The van der Waals surface area contributed by atoms with Crippen LogP contribution in [-0.4, -0.2) is 86.4 Å². The molecule has 1 aliphatic carbocycles. The van der Waals surface area contributed by atoms with Gasteiger partial charge < -0.3 is 24.1 Å². The predicted octanol–water partition coefficient (Wildman–Crippen LogP) is 6.32. The molecule has 10 heteroatoms. The van der Waals surface area contributed by atoms with Gasteiger partial charge in [0.15, 0.2) is 0 Å².